The Balaban J connectivity index is 0. The summed E-state index contributed by atoms with van der Waals surface area (Å²) in [5.74, 6) is -0.143. The van der Waals surface area contributed by atoms with Crippen LogP contribution in [-0.2, 0) is 32.5 Å². The van der Waals surface area contributed by atoms with Crippen LogP contribution in [-0.4, -0.2) is 5.97 Å². The maximum absolute atomic E-state index is 10.5. The van der Waals surface area contributed by atoms with Gasteiger partial charge in [-0.25, -0.2) is 0 Å². The van der Waals surface area contributed by atoms with Gasteiger partial charge >= 0.3 is 108 Å². The third kappa shape index (κ3) is 5.30. The van der Waals surface area contributed by atoms with E-state index in [4.69, 9.17) is 2.64 Å². The smallest absolute Gasteiger partial charge is 1.00 e. The summed E-state index contributed by atoms with van der Waals surface area (Å²) in [5.41, 5.74) is 0. The van der Waals surface area contributed by atoms with E-state index in [2.05, 4.69) is 0 Å². The normalized spacial score (nSPS) is 7.75. The molecule has 1 rings (SSSR count). The van der Waals surface area contributed by atoms with Gasteiger partial charge in [0.15, 0.2) is 0 Å². The van der Waals surface area contributed by atoms with Crippen molar-refractivity contribution >= 4 is 9.04 Å². The monoisotopic (exact) mass is 362 g/mol. The van der Waals surface area contributed by atoms with Gasteiger partial charge in [0.05, 0.1) is 0 Å². The number of benzene rings is 1. The Labute approximate surface area is 109 Å². The van der Waals surface area contributed by atoms with E-state index in [1.807, 2.05) is 30.3 Å². The minimum Gasteiger partial charge on any atom is -1.00 e. The van der Waals surface area contributed by atoms with Crippen LogP contribution in [0.3, 0.4) is 0 Å². The molecule has 0 unspecified atom stereocenters. The van der Waals surface area contributed by atoms with E-state index in [1.165, 1.54) is 10.00 Å². The number of rotatable bonds is 2. The van der Waals surface area contributed by atoms with Gasteiger partial charge < -0.3 is 1.43 Å². The van der Waals surface area contributed by atoms with Crippen LogP contribution in [0.15, 0.2) is 30.3 Å². The van der Waals surface area contributed by atoms with Crippen LogP contribution in [0.5, 0.6) is 0 Å². The average molecular weight is 361 g/mol. The molecule has 0 spiro atoms. The quantitative estimate of drug-likeness (QED) is 0.570. The van der Waals surface area contributed by atoms with Gasteiger partial charge in [0.25, 0.3) is 0 Å². The van der Waals surface area contributed by atoms with Crippen molar-refractivity contribution in [2.24, 2.45) is 0 Å². The molecule has 0 fully saturated rings. The fraction of sp³-hybridized carbons (Fsp3) is 0.125. The van der Waals surface area contributed by atoms with Crippen LogP contribution in [0.4, 0.5) is 0 Å². The number of hydrogen-bond acceptors (Lipinski definition) is 2. The van der Waals surface area contributed by atoms with Gasteiger partial charge in [-0.05, 0) is 0 Å². The van der Waals surface area contributed by atoms with E-state index in [0.717, 1.165) is 0 Å². The summed E-state index contributed by atoms with van der Waals surface area (Å²) in [4.78, 5) is 10.5. The van der Waals surface area contributed by atoms with Gasteiger partial charge in [0.1, 0.15) is 0 Å². The van der Waals surface area contributed by atoms with Gasteiger partial charge in [-0.15, -0.1) is 0 Å². The Kier molecular flexibility index (Phi) is 7.44. The number of carbonyl (C=O) groups is 1. The first-order chi connectivity index (χ1) is 5.29. The molecule has 1 aromatic carbocycles. The Morgan fingerprint density at radius 3 is 2.50 bits per heavy atom. The van der Waals surface area contributed by atoms with Crippen LogP contribution in [0, 0.1) is 0 Å². The van der Waals surface area contributed by atoms with Crippen molar-refractivity contribution in [3.8, 4) is 0 Å². The molecule has 0 N–H and O–H groups in total. The van der Waals surface area contributed by atoms with E-state index < -0.39 is 25.0 Å². The Morgan fingerprint density at radius 2 is 2.00 bits per heavy atom. The maximum atomic E-state index is 10.5. The van der Waals surface area contributed by atoms with E-state index in [9.17, 15) is 4.79 Å². The van der Waals surface area contributed by atoms with Gasteiger partial charge in [-0.1, -0.05) is 0 Å². The molecule has 56 valence electrons. The van der Waals surface area contributed by atoms with E-state index in [1.54, 1.807) is 0 Å². The molecular formula is C8H9HgNaO2. The zero-order chi connectivity index (χ0) is 8.10. The van der Waals surface area contributed by atoms with Crippen LogP contribution >= 0.6 is 0 Å². The molecule has 0 aromatic heterocycles. The van der Waals surface area contributed by atoms with E-state index in [0.29, 0.717) is 0 Å². The molecule has 0 aliphatic heterocycles. The van der Waals surface area contributed by atoms with Crippen molar-refractivity contribution in [2.75, 3.05) is 0 Å². The summed E-state index contributed by atoms with van der Waals surface area (Å²) in [5, 5.41) is 0. The van der Waals surface area contributed by atoms with Crippen LogP contribution < -0.4 is 32.6 Å². The molecule has 0 radical (unpaired) electrons. The predicted molar refractivity (Wildman–Crippen MR) is 39.0 cm³/mol. The summed E-state index contributed by atoms with van der Waals surface area (Å²) >= 11 is -1.52. The standard InChI is InChI=1S/C6H5.C2H4O2.Hg.Na.H/c1-2-4-6-5-3-1;1-2(3)4;;;/h1-5H;1H3,(H,3,4);;;/q;;2*+1;-1/p-1. The third-order valence-electron chi connectivity index (χ3n) is 1.28. The molecule has 0 bridgehead atoms. The van der Waals surface area contributed by atoms with E-state index >= 15 is 0 Å². The van der Waals surface area contributed by atoms with Crippen LogP contribution in [0.1, 0.15) is 8.35 Å². The van der Waals surface area contributed by atoms with E-state index in [-0.39, 0.29) is 37.0 Å². The van der Waals surface area contributed by atoms with Crippen LogP contribution in [0.25, 0.3) is 0 Å². The second-order valence-electron chi connectivity index (χ2n) is 2.27. The minimum atomic E-state index is -1.52. The van der Waals surface area contributed by atoms with Crippen molar-refractivity contribution in [2.45, 2.75) is 6.92 Å². The molecule has 0 heterocycles. The zero-order valence-corrected chi connectivity index (χ0v) is 14.9. The predicted octanol–water partition coefficient (Wildman–Crippen LogP) is -2.01. The first-order valence-corrected chi connectivity index (χ1v) is 8.45. The second kappa shape index (κ2) is 7.07. The van der Waals surface area contributed by atoms with Crippen LogP contribution in [0.2, 0.25) is 0 Å². The molecule has 12 heavy (non-hydrogen) atoms. The molecule has 0 saturated heterocycles. The molecule has 1 aromatic rings. The fourth-order valence-electron chi connectivity index (χ4n) is 0.759. The largest absolute Gasteiger partial charge is 1.00 e. The molecule has 0 aliphatic rings. The van der Waals surface area contributed by atoms with Crippen molar-refractivity contribution in [1.82, 2.24) is 0 Å². The van der Waals surface area contributed by atoms with Crippen molar-refractivity contribution in [3.05, 3.63) is 30.3 Å². The Bertz CT molecular complexity index is 243. The summed E-state index contributed by atoms with van der Waals surface area (Å²) in [6.45, 7) is 1.46. The van der Waals surface area contributed by atoms with Crippen molar-refractivity contribution in [3.63, 3.8) is 0 Å². The fourth-order valence-corrected chi connectivity index (χ4v) is 4.00. The first kappa shape index (κ1) is 12.6. The zero-order valence-electron chi connectivity index (χ0n) is 8.41. The van der Waals surface area contributed by atoms with Crippen molar-refractivity contribution in [1.29, 1.82) is 0 Å². The third-order valence-corrected chi connectivity index (χ3v) is 6.55. The molecule has 0 amide bonds. The second-order valence-corrected chi connectivity index (χ2v) is 7.68. The topological polar surface area (TPSA) is 26.3 Å². The molecular weight excluding hydrogens is 352 g/mol. The summed E-state index contributed by atoms with van der Waals surface area (Å²) in [6, 6.07) is 9.94. The Hall–Kier alpha value is 0.625. The molecule has 0 atom stereocenters. The van der Waals surface area contributed by atoms with Gasteiger partial charge in [-0.2, -0.15) is 0 Å². The average Bonchev–Trinajstić information content (AvgIpc) is 2.03. The molecule has 2 nitrogen and oxygen atoms in total. The van der Waals surface area contributed by atoms with Gasteiger partial charge in [-0.3, -0.25) is 0 Å². The van der Waals surface area contributed by atoms with Gasteiger partial charge in [0, 0.05) is 0 Å². The SMILES string of the molecule is CC(=O)[O][Hg][c]1ccccc1.[H-].[Na+]. The minimum absolute atomic E-state index is 0. The van der Waals surface area contributed by atoms with Crippen molar-refractivity contribution < 1.29 is 63.5 Å². The maximum Gasteiger partial charge on any atom is 1.00 e. The molecule has 0 aliphatic carbocycles. The molecule has 0 saturated carbocycles. The summed E-state index contributed by atoms with van der Waals surface area (Å²) < 4.78 is 6.25. The number of carbonyl (C=O) groups excluding carboxylic acids is 1. The van der Waals surface area contributed by atoms with Gasteiger partial charge in [0.2, 0.25) is 0 Å². The Morgan fingerprint density at radius 1 is 1.42 bits per heavy atom. The first-order valence-electron chi connectivity index (χ1n) is 3.46. The summed E-state index contributed by atoms with van der Waals surface area (Å²) in [6.07, 6.45) is 0. The number of hydrogen-bond donors (Lipinski definition) is 0. The summed E-state index contributed by atoms with van der Waals surface area (Å²) in [7, 11) is 0. The molecule has 4 heteroatoms.